The van der Waals surface area contributed by atoms with E-state index in [-0.39, 0.29) is 0 Å². The van der Waals surface area contributed by atoms with E-state index in [1.807, 2.05) is 6.33 Å². The van der Waals surface area contributed by atoms with E-state index in [1.165, 1.54) is 0 Å². The second-order valence-electron chi connectivity index (χ2n) is 0.668. The van der Waals surface area contributed by atoms with Gasteiger partial charge in [-0.2, -0.15) is 6.33 Å². The van der Waals surface area contributed by atoms with Crippen LogP contribution in [0.2, 0.25) is 0 Å². The van der Waals surface area contributed by atoms with Crippen LogP contribution in [0.1, 0.15) is 0 Å². The first-order valence-electron chi connectivity index (χ1n) is 1.25. The number of hydrogen-bond acceptors (Lipinski definition) is 4. The summed E-state index contributed by atoms with van der Waals surface area (Å²) in [7, 11) is 0. The first-order valence-corrected chi connectivity index (χ1v) is 1.25. The quantitative estimate of drug-likeness (QED) is 0.314. The minimum absolute atomic E-state index is 0.403. The fourth-order valence-corrected chi connectivity index (χ4v) is 0.138. The van der Waals surface area contributed by atoms with Gasteiger partial charge < -0.3 is 10.3 Å². The van der Waals surface area contributed by atoms with Gasteiger partial charge in [0.1, 0.15) is 0 Å². The van der Waals surface area contributed by atoms with Gasteiger partial charge in [0.15, 0.2) is 0 Å². The van der Waals surface area contributed by atoms with Gasteiger partial charge in [0.25, 0.3) is 0 Å². The number of hydrogen-bond donors (Lipinski definition) is 1. The van der Waals surface area contributed by atoms with E-state index >= 15 is 0 Å². The zero-order valence-electron chi connectivity index (χ0n) is 2.74. The molecular weight excluding hydrogens is 84.0 g/mol. The van der Waals surface area contributed by atoms with E-state index in [4.69, 9.17) is 5.21 Å². The molecule has 0 spiro atoms. The van der Waals surface area contributed by atoms with Gasteiger partial charge in [0, 0.05) is 0 Å². The summed E-state index contributed by atoms with van der Waals surface area (Å²) in [5.74, 6) is 0. The van der Waals surface area contributed by atoms with Crippen LogP contribution in [0, 0.1) is 6.33 Å². The summed E-state index contributed by atoms with van der Waals surface area (Å²) in [5, 5.41) is 17.1. The molecule has 32 valence electrons. The molecule has 6 heavy (non-hydrogen) atoms. The zero-order valence-corrected chi connectivity index (χ0v) is 2.74. The van der Waals surface area contributed by atoms with Crippen LogP contribution >= 0.6 is 0 Å². The molecule has 1 aromatic rings. The average molecular weight is 85.0 g/mol. The van der Waals surface area contributed by atoms with Crippen molar-refractivity contribution in [2.24, 2.45) is 0 Å². The molecule has 1 rings (SSSR count). The molecule has 1 N–H and O–H groups in total. The standard InChI is InChI=1S/CHN4O/c6-5-1-2-3-4-5/h6H/q-1. The summed E-state index contributed by atoms with van der Waals surface area (Å²) < 4.78 is 0. The van der Waals surface area contributed by atoms with Crippen molar-refractivity contribution in [3.05, 3.63) is 6.33 Å². The Morgan fingerprint density at radius 2 is 2.50 bits per heavy atom. The van der Waals surface area contributed by atoms with Crippen molar-refractivity contribution in [1.29, 1.82) is 0 Å². The summed E-state index contributed by atoms with van der Waals surface area (Å²) in [4.78, 5) is 0.403. The Kier molecular flexibility index (Phi) is 0.474. The van der Waals surface area contributed by atoms with E-state index in [0.29, 0.717) is 4.85 Å². The third kappa shape index (κ3) is 0.291. The minimum atomic E-state index is 0.403. The van der Waals surface area contributed by atoms with Crippen molar-refractivity contribution >= 4 is 0 Å². The van der Waals surface area contributed by atoms with E-state index in [1.54, 1.807) is 0 Å². The number of aromatic nitrogens is 4. The molecule has 5 nitrogen and oxygen atoms in total. The monoisotopic (exact) mass is 85.0 g/mol. The highest BCUT2D eigenvalue weighted by molar-refractivity contribution is 4.24. The molecular formula is CHN4O-. The van der Waals surface area contributed by atoms with Gasteiger partial charge in [-0.25, -0.2) is 4.85 Å². The van der Waals surface area contributed by atoms with Crippen LogP contribution in [0.4, 0.5) is 0 Å². The molecule has 0 saturated heterocycles. The third-order valence-corrected chi connectivity index (χ3v) is 0.304. The molecule has 0 aliphatic heterocycles. The van der Waals surface area contributed by atoms with Crippen molar-refractivity contribution in [3.63, 3.8) is 0 Å². The summed E-state index contributed by atoms with van der Waals surface area (Å²) in [6, 6.07) is 0. The maximum absolute atomic E-state index is 8.10. The predicted octanol–water partition coefficient (Wildman–Crippen LogP) is -1.29. The number of tetrazole rings is 1. The molecule has 0 radical (unpaired) electrons. The minimum Gasteiger partial charge on any atom is -0.443 e. The molecule has 1 aromatic heterocycles. The Balaban J connectivity index is 3.05. The lowest BCUT2D eigenvalue weighted by Crippen LogP contribution is -1.88. The lowest BCUT2D eigenvalue weighted by atomic mass is 11.4. The summed E-state index contributed by atoms with van der Waals surface area (Å²) in [6.45, 7) is 0. The lowest BCUT2D eigenvalue weighted by molar-refractivity contribution is 0.140. The Morgan fingerprint density at radius 1 is 1.67 bits per heavy atom. The van der Waals surface area contributed by atoms with Gasteiger partial charge in [-0.05, 0) is 5.21 Å². The molecule has 1 heterocycles. The van der Waals surface area contributed by atoms with Crippen molar-refractivity contribution in [1.82, 2.24) is 20.4 Å². The van der Waals surface area contributed by atoms with Gasteiger partial charge in [-0.15, -0.1) is 0 Å². The molecule has 0 unspecified atom stereocenters. The molecule has 0 saturated carbocycles. The first kappa shape index (κ1) is 3.08. The fraction of sp³-hybridized carbons (Fsp3) is 0. The van der Waals surface area contributed by atoms with Crippen LogP contribution < -0.4 is 0 Å². The van der Waals surface area contributed by atoms with E-state index in [9.17, 15) is 0 Å². The Morgan fingerprint density at radius 3 is 2.67 bits per heavy atom. The Hall–Kier alpha value is -1.13. The van der Waals surface area contributed by atoms with Crippen molar-refractivity contribution < 1.29 is 5.21 Å². The second kappa shape index (κ2) is 0.925. The Labute approximate surface area is 33.2 Å². The van der Waals surface area contributed by atoms with Crippen LogP contribution in [-0.2, 0) is 0 Å². The molecule has 0 aliphatic carbocycles. The van der Waals surface area contributed by atoms with Crippen LogP contribution in [0.3, 0.4) is 0 Å². The number of rotatable bonds is 0. The molecule has 0 aromatic carbocycles. The highest BCUT2D eigenvalue weighted by atomic mass is 16.5. The third-order valence-electron chi connectivity index (χ3n) is 0.304. The largest absolute Gasteiger partial charge is 0.443 e. The molecule has 5 heteroatoms. The summed E-state index contributed by atoms with van der Waals surface area (Å²) in [6.07, 6.45) is 2.00. The SMILES string of the molecule is On1[c-]nnn1. The van der Waals surface area contributed by atoms with Gasteiger partial charge >= 0.3 is 0 Å². The van der Waals surface area contributed by atoms with Crippen LogP contribution in [0.5, 0.6) is 0 Å². The molecule has 0 bridgehead atoms. The predicted molar refractivity (Wildman–Crippen MR) is 13.8 cm³/mol. The van der Waals surface area contributed by atoms with Crippen molar-refractivity contribution in [2.45, 2.75) is 0 Å². The van der Waals surface area contributed by atoms with Crippen LogP contribution in [0.15, 0.2) is 0 Å². The molecule has 0 aliphatic rings. The Bertz CT molecular complexity index is 111. The smallest absolute Gasteiger partial charge is 0.0484 e. The molecule has 0 amide bonds. The van der Waals surface area contributed by atoms with Crippen LogP contribution in [0.25, 0.3) is 0 Å². The number of nitrogens with zero attached hydrogens (tertiary/aromatic N) is 4. The molecule has 0 atom stereocenters. The zero-order chi connectivity index (χ0) is 4.41. The van der Waals surface area contributed by atoms with Gasteiger partial charge in [-0.3, -0.25) is 0 Å². The normalized spacial score (nSPS) is 8.67. The van der Waals surface area contributed by atoms with E-state index < -0.39 is 0 Å². The van der Waals surface area contributed by atoms with E-state index in [2.05, 4.69) is 15.5 Å². The summed E-state index contributed by atoms with van der Waals surface area (Å²) >= 11 is 0. The topological polar surface area (TPSA) is 63.8 Å². The second-order valence-corrected chi connectivity index (χ2v) is 0.668. The summed E-state index contributed by atoms with van der Waals surface area (Å²) in [5.41, 5.74) is 0. The van der Waals surface area contributed by atoms with E-state index in [0.717, 1.165) is 0 Å². The van der Waals surface area contributed by atoms with Crippen molar-refractivity contribution in [3.8, 4) is 0 Å². The average Bonchev–Trinajstić information content (AvgIpc) is 1.86. The fourth-order valence-electron chi connectivity index (χ4n) is 0.138. The highest BCUT2D eigenvalue weighted by Gasteiger charge is 1.58. The molecule has 0 fully saturated rings. The van der Waals surface area contributed by atoms with Gasteiger partial charge in [0.05, 0.1) is 0 Å². The highest BCUT2D eigenvalue weighted by Crippen LogP contribution is 1.55. The lowest BCUT2D eigenvalue weighted by Gasteiger charge is -1.86. The van der Waals surface area contributed by atoms with Crippen LogP contribution in [-0.4, -0.2) is 25.6 Å². The van der Waals surface area contributed by atoms with Gasteiger partial charge in [0.2, 0.25) is 0 Å². The maximum atomic E-state index is 8.10. The van der Waals surface area contributed by atoms with Gasteiger partial charge in [-0.1, -0.05) is 5.21 Å². The van der Waals surface area contributed by atoms with Crippen molar-refractivity contribution in [2.75, 3.05) is 0 Å². The maximum Gasteiger partial charge on any atom is -0.0484 e. The first-order chi connectivity index (χ1) is 2.89.